The molecule has 0 aliphatic carbocycles. The maximum absolute atomic E-state index is 8.67. The molecule has 2 rings (SSSR count). The van der Waals surface area contributed by atoms with Crippen LogP contribution in [0.1, 0.15) is 5.69 Å². The molecule has 0 atom stereocenters. The molecule has 0 aliphatic heterocycles. The molecule has 80 valence electrons. The van der Waals surface area contributed by atoms with E-state index >= 15 is 0 Å². The van der Waals surface area contributed by atoms with Crippen molar-refractivity contribution in [2.75, 3.05) is 0 Å². The van der Waals surface area contributed by atoms with Crippen molar-refractivity contribution in [2.24, 2.45) is 0 Å². The van der Waals surface area contributed by atoms with Gasteiger partial charge in [0, 0.05) is 12.4 Å². The van der Waals surface area contributed by atoms with Crippen molar-refractivity contribution in [1.82, 2.24) is 19.7 Å². The Morgan fingerprint density at radius 1 is 1.50 bits per heavy atom. The SMILES string of the molecule is Cc1c(I)c(-c2cnccn2)nn1CC#N. The standard InChI is InChI=1S/C10H8IN5/c1-7-9(11)10(15-16(7)5-2-12)8-6-13-3-4-14-8/h3-4,6H,5H2,1H3. The third kappa shape index (κ3) is 1.90. The molecule has 0 saturated carbocycles. The smallest absolute Gasteiger partial charge is 0.128 e. The first-order valence-electron chi connectivity index (χ1n) is 4.60. The zero-order valence-corrected chi connectivity index (χ0v) is 10.7. The lowest BCUT2D eigenvalue weighted by atomic mass is 10.3. The molecule has 0 N–H and O–H groups in total. The number of nitriles is 1. The lowest BCUT2D eigenvalue weighted by Gasteiger charge is -1.94. The largest absolute Gasteiger partial charge is 0.261 e. The minimum absolute atomic E-state index is 0.252. The fraction of sp³-hybridized carbons (Fsp3) is 0.200. The van der Waals surface area contributed by atoms with Crippen molar-refractivity contribution in [2.45, 2.75) is 13.5 Å². The summed E-state index contributed by atoms with van der Waals surface area (Å²) >= 11 is 2.21. The average Bonchev–Trinajstić information content (AvgIpc) is 2.59. The first-order valence-corrected chi connectivity index (χ1v) is 5.68. The van der Waals surface area contributed by atoms with Crippen molar-refractivity contribution in [3.05, 3.63) is 27.9 Å². The van der Waals surface area contributed by atoms with Crippen LogP contribution in [-0.2, 0) is 6.54 Å². The number of hydrogen-bond donors (Lipinski definition) is 0. The first kappa shape index (κ1) is 11.0. The van der Waals surface area contributed by atoms with Crippen LogP contribution in [0.25, 0.3) is 11.4 Å². The summed E-state index contributed by atoms with van der Waals surface area (Å²) in [5.74, 6) is 0. The van der Waals surface area contributed by atoms with E-state index in [0.717, 1.165) is 20.7 Å². The summed E-state index contributed by atoms with van der Waals surface area (Å²) in [6.07, 6.45) is 4.92. The van der Waals surface area contributed by atoms with Gasteiger partial charge in [0.1, 0.15) is 17.9 Å². The predicted molar refractivity (Wildman–Crippen MR) is 66.3 cm³/mol. The van der Waals surface area contributed by atoms with Gasteiger partial charge in [0.25, 0.3) is 0 Å². The second-order valence-electron chi connectivity index (χ2n) is 3.15. The summed E-state index contributed by atoms with van der Waals surface area (Å²) in [6, 6.07) is 2.08. The normalized spacial score (nSPS) is 10.1. The third-order valence-corrected chi connectivity index (χ3v) is 3.45. The van der Waals surface area contributed by atoms with Crippen LogP contribution in [0.3, 0.4) is 0 Å². The summed E-state index contributed by atoms with van der Waals surface area (Å²) in [6.45, 7) is 2.19. The van der Waals surface area contributed by atoms with Gasteiger partial charge in [-0.2, -0.15) is 10.4 Å². The summed E-state index contributed by atoms with van der Waals surface area (Å²) < 4.78 is 2.68. The van der Waals surface area contributed by atoms with Crippen molar-refractivity contribution in [3.8, 4) is 17.5 Å². The summed E-state index contributed by atoms with van der Waals surface area (Å²) in [5.41, 5.74) is 2.48. The summed E-state index contributed by atoms with van der Waals surface area (Å²) in [7, 11) is 0. The van der Waals surface area contributed by atoms with Crippen LogP contribution in [0.5, 0.6) is 0 Å². The number of hydrogen-bond acceptors (Lipinski definition) is 4. The molecule has 0 spiro atoms. The number of aromatic nitrogens is 4. The van der Waals surface area contributed by atoms with E-state index in [-0.39, 0.29) is 6.54 Å². The molecule has 0 radical (unpaired) electrons. The number of nitrogens with zero attached hydrogens (tertiary/aromatic N) is 5. The van der Waals surface area contributed by atoms with Crippen LogP contribution in [0.4, 0.5) is 0 Å². The van der Waals surface area contributed by atoms with E-state index in [2.05, 4.69) is 43.7 Å². The van der Waals surface area contributed by atoms with Crippen molar-refractivity contribution in [1.29, 1.82) is 5.26 Å². The molecule has 0 saturated heterocycles. The van der Waals surface area contributed by atoms with Gasteiger partial charge >= 0.3 is 0 Å². The van der Waals surface area contributed by atoms with Crippen LogP contribution in [0.2, 0.25) is 0 Å². The Bertz CT molecular complexity index is 540. The minimum Gasteiger partial charge on any atom is -0.261 e. The lowest BCUT2D eigenvalue weighted by molar-refractivity contribution is 0.687. The lowest BCUT2D eigenvalue weighted by Crippen LogP contribution is -2.00. The van der Waals surface area contributed by atoms with E-state index in [1.165, 1.54) is 0 Å². The summed E-state index contributed by atoms with van der Waals surface area (Å²) in [5, 5.41) is 13.0. The molecule has 0 amide bonds. The quantitative estimate of drug-likeness (QED) is 0.790. The van der Waals surface area contributed by atoms with Gasteiger partial charge in [0.05, 0.1) is 21.5 Å². The van der Waals surface area contributed by atoms with Gasteiger partial charge in [0.15, 0.2) is 0 Å². The molecule has 16 heavy (non-hydrogen) atoms. The molecular formula is C10H8IN5. The molecular weight excluding hydrogens is 317 g/mol. The van der Waals surface area contributed by atoms with Gasteiger partial charge in [-0.3, -0.25) is 14.6 Å². The Kier molecular flexibility index (Phi) is 3.14. The third-order valence-electron chi connectivity index (χ3n) is 2.16. The Morgan fingerprint density at radius 2 is 2.31 bits per heavy atom. The maximum atomic E-state index is 8.67. The fourth-order valence-corrected chi connectivity index (χ4v) is 1.99. The summed E-state index contributed by atoms with van der Waals surface area (Å²) in [4.78, 5) is 8.21. The van der Waals surface area contributed by atoms with Gasteiger partial charge in [-0.05, 0) is 29.5 Å². The Hall–Kier alpha value is -1.49. The van der Waals surface area contributed by atoms with Crippen molar-refractivity contribution in [3.63, 3.8) is 0 Å². The van der Waals surface area contributed by atoms with Crippen LogP contribution in [-0.4, -0.2) is 19.7 Å². The van der Waals surface area contributed by atoms with E-state index in [0.29, 0.717) is 0 Å². The molecule has 6 heteroatoms. The van der Waals surface area contributed by atoms with Crippen LogP contribution in [0, 0.1) is 21.8 Å². The molecule has 5 nitrogen and oxygen atoms in total. The Morgan fingerprint density at radius 3 is 2.94 bits per heavy atom. The Labute approximate surface area is 106 Å². The molecule has 2 heterocycles. The van der Waals surface area contributed by atoms with Gasteiger partial charge in [0.2, 0.25) is 0 Å². The molecule has 2 aromatic rings. The van der Waals surface area contributed by atoms with Crippen molar-refractivity contribution < 1.29 is 0 Å². The van der Waals surface area contributed by atoms with Gasteiger partial charge < -0.3 is 0 Å². The van der Waals surface area contributed by atoms with Crippen LogP contribution >= 0.6 is 22.6 Å². The zero-order chi connectivity index (χ0) is 11.5. The average molecular weight is 325 g/mol. The highest BCUT2D eigenvalue weighted by Gasteiger charge is 2.14. The molecule has 0 unspecified atom stereocenters. The molecule has 0 aromatic carbocycles. The molecule has 0 aliphatic rings. The number of rotatable bonds is 2. The van der Waals surface area contributed by atoms with Gasteiger partial charge in [-0.25, -0.2) is 0 Å². The van der Waals surface area contributed by atoms with E-state index in [1.807, 2.05) is 6.92 Å². The minimum atomic E-state index is 0.252. The van der Waals surface area contributed by atoms with Gasteiger partial charge in [-0.15, -0.1) is 0 Å². The molecule has 0 fully saturated rings. The second-order valence-corrected chi connectivity index (χ2v) is 4.23. The van der Waals surface area contributed by atoms with E-state index in [4.69, 9.17) is 5.26 Å². The van der Waals surface area contributed by atoms with E-state index in [1.54, 1.807) is 23.3 Å². The predicted octanol–water partition coefficient (Wildman–Crippen LogP) is 1.78. The highest BCUT2D eigenvalue weighted by atomic mass is 127. The van der Waals surface area contributed by atoms with Crippen LogP contribution in [0.15, 0.2) is 18.6 Å². The van der Waals surface area contributed by atoms with Crippen LogP contribution < -0.4 is 0 Å². The zero-order valence-electron chi connectivity index (χ0n) is 8.55. The Balaban J connectivity index is 2.52. The highest BCUT2D eigenvalue weighted by Crippen LogP contribution is 2.24. The number of halogens is 1. The molecule has 0 bridgehead atoms. The van der Waals surface area contributed by atoms with Gasteiger partial charge in [-0.1, -0.05) is 0 Å². The highest BCUT2D eigenvalue weighted by molar-refractivity contribution is 14.1. The fourth-order valence-electron chi connectivity index (χ4n) is 1.33. The van der Waals surface area contributed by atoms with Crippen molar-refractivity contribution >= 4 is 22.6 Å². The molecule has 2 aromatic heterocycles. The monoisotopic (exact) mass is 325 g/mol. The van der Waals surface area contributed by atoms with E-state index in [9.17, 15) is 0 Å². The first-order chi connectivity index (χ1) is 7.74. The maximum Gasteiger partial charge on any atom is 0.128 e. The second kappa shape index (κ2) is 4.57. The van der Waals surface area contributed by atoms with E-state index < -0.39 is 0 Å². The topological polar surface area (TPSA) is 67.4 Å².